The predicted molar refractivity (Wildman–Crippen MR) is 78.5 cm³/mol. The van der Waals surface area contributed by atoms with Crippen LogP contribution in [0.5, 0.6) is 0 Å². The minimum atomic E-state index is -0.852. The highest BCUT2D eigenvalue weighted by atomic mass is 16.4. The third kappa shape index (κ3) is 2.71. The molecule has 1 amide bonds. The SMILES string of the molecule is O=C(NCCc1ccccc1)[C@@H]1[C@H](C(=O)O)[C@H]2C=C[C@H]1C2. The fourth-order valence-corrected chi connectivity index (χ4v) is 3.61. The summed E-state index contributed by atoms with van der Waals surface area (Å²) in [6, 6.07) is 9.94. The first-order chi connectivity index (χ1) is 10.2. The molecule has 2 aliphatic carbocycles. The van der Waals surface area contributed by atoms with E-state index in [2.05, 4.69) is 5.32 Å². The zero-order valence-corrected chi connectivity index (χ0v) is 11.7. The van der Waals surface area contributed by atoms with Crippen LogP contribution in [0.2, 0.25) is 0 Å². The minimum absolute atomic E-state index is 0.0253. The van der Waals surface area contributed by atoms with Gasteiger partial charge >= 0.3 is 5.97 Å². The van der Waals surface area contributed by atoms with Crippen LogP contribution in [-0.4, -0.2) is 23.5 Å². The standard InChI is InChI=1S/C17H19NO3/c19-16(18-9-8-11-4-2-1-3-5-11)14-12-6-7-13(10-12)15(14)17(20)21/h1-7,12-15H,8-10H2,(H,18,19)(H,20,21)/t12-,13-,14-,15+/m0/s1. The molecule has 0 aliphatic heterocycles. The zero-order valence-electron chi connectivity index (χ0n) is 11.7. The second-order valence-corrected chi connectivity index (χ2v) is 5.86. The minimum Gasteiger partial charge on any atom is -0.481 e. The van der Waals surface area contributed by atoms with Crippen LogP contribution in [-0.2, 0) is 16.0 Å². The molecule has 110 valence electrons. The lowest BCUT2D eigenvalue weighted by Crippen LogP contribution is -2.40. The van der Waals surface area contributed by atoms with E-state index in [1.807, 2.05) is 42.5 Å². The van der Waals surface area contributed by atoms with Crippen molar-refractivity contribution in [2.24, 2.45) is 23.7 Å². The molecule has 0 unspecified atom stereocenters. The van der Waals surface area contributed by atoms with E-state index in [4.69, 9.17) is 0 Å². The summed E-state index contributed by atoms with van der Waals surface area (Å²) in [6.45, 7) is 0.548. The van der Waals surface area contributed by atoms with Gasteiger partial charge in [0.25, 0.3) is 0 Å². The lowest BCUT2D eigenvalue weighted by molar-refractivity contribution is -0.147. The summed E-state index contributed by atoms with van der Waals surface area (Å²) in [5, 5.41) is 12.3. The molecule has 1 saturated carbocycles. The van der Waals surface area contributed by atoms with Gasteiger partial charge in [0.1, 0.15) is 0 Å². The quantitative estimate of drug-likeness (QED) is 0.812. The first-order valence-electron chi connectivity index (χ1n) is 7.39. The molecule has 1 aromatic rings. The first-order valence-corrected chi connectivity index (χ1v) is 7.39. The summed E-state index contributed by atoms with van der Waals surface area (Å²) in [6.07, 6.45) is 5.53. The number of carbonyl (C=O) groups excluding carboxylic acids is 1. The molecule has 1 aromatic carbocycles. The first kappa shape index (κ1) is 13.9. The number of allylic oxidation sites excluding steroid dienone is 2. The van der Waals surface area contributed by atoms with Gasteiger partial charge in [0, 0.05) is 6.54 Å². The van der Waals surface area contributed by atoms with Gasteiger partial charge < -0.3 is 10.4 Å². The van der Waals surface area contributed by atoms with Gasteiger partial charge in [0.05, 0.1) is 11.8 Å². The average molecular weight is 285 g/mol. The van der Waals surface area contributed by atoms with Crippen molar-refractivity contribution < 1.29 is 14.7 Å². The van der Waals surface area contributed by atoms with E-state index in [1.54, 1.807) is 0 Å². The van der Waals surface area contributed by atoms with Gasteiger partial charge in [-0.3, -0.25) is 9.59 Å². The molecule has 4 heteroatoms. The number of carboxylic acid groups (broad SMARTS) is 1. The summed E-state index contributed by atoms with van der Waals surface area (Å²) in [5.74, 6) is -1.82. The molecular weight excluding hydrogens is 266 g/mol. The third-order valence-electron chi connectivity index (χ3n) is 4.60. The maximum Gasteiger partial charge on any atom is 0.307 e. The number of aliphatic carboxylic acids is 1. The second-order valence-electron chi connectivity index (χ2n) is 5.86. The van der Waals surface area contributed by atoms with Crippen molar-refractivity contribution >= 4 is 11.9 Å². The summed E-state index contributed by atoms with van der Waals surface area (Å²) in [5.41, 5.74) is 1.17. The molecule has 2 aliphatic rings. The normalized spacial score (nSPS) is 29.5. The van der Waals surface area contributed by atoms with Crippen LogP contribution < -0.4 is 5.32 Å². The number of hydrogen-bond acceptors (Lipinski definition) is 2. The van der Waals surface area contributed by atoms with Crippen LogP contribution in [0.25, 0.3) is 0 Å². The fraction of sp³-hybridized carbons (Fsp3) is 0.412. The summed E-state index contributed by atoms with van der Waals surface area (Å²) in [4.78, 5) is 23.7. The van der Waals surface area contributed by atoms with Crippen LogP contribution in [0.15, 0.2) is 42.5 Å². The molecule has 1 fully saturated rings. The molecule has 0 saturated heterocycles. The Bertz CT molecular complexity index is 567. The molecule has 3 rings (SSSR count). The Hall–Kier alpha value is -2.10. The Balaban J connectivity index is 1.58. The van der Waals surface area contributed by atoms with Gasteiger partial charge in [0.2, 0.25) is 5.91 Å². The van der Waals surface area contributed by atoms with Gasteiger partial charge in [0.15, 0.2) is 0 Å². The number of amides is 1. The van der Waals surface area contributed by atoms with Crippen molar-refractivity contribution in [1.29, 1.82) is 0 Å². The molecule has 4 nitrogen and oxygen atoms in total. The van der Waals surface area contributed by atoms with Crippen LogP contribution in [0.4, 0.5) is 0 Å². The van der Waals surface area contributed by atoms with Crippen molar-refractivity contribution in [3.05, 3.63) is 48.0 Å². The molecule has 0 spiro atoms. The lowest BCUT2D eigenvalue weighted by Gasteiger charge is -2.23. The van der Waals surface area contributed by atoms with Crippen molar-refractivity contribution in [3.63, 3.8) is 0 Å². The van der Waals surface area contributed by atoms with E-state index in [0.29, 0.717) is 6.54 Å². The summed E-state index contributed by atoms with van der Waals surface area (Å²) >= 11 is 0. The number of carboxylic acids is 1. The van der Waals surface area contributed by atoms with Crippen molar-refractivity contribution in [1.82, 2.24) is 5.32 Å². The fourth-order valence-electron chi connectivity index (χ4n) is 3.61. The van der Waals surface area contributed by atoms with E-state index in [9.17, 15) is 14.7 Å². The van der Waals surface area contributed by atoms with Gasteiger partial charge in [-0.1, -0.05) is 42.5 Å². The highest BCUT2D eigenvalue weighted by Gasteiger charge is 2.51. The largest absolute Gasteiger partial charge is 0.481 e. The van der Waals surface area contributed by atoms with Gasteiger partial charge in [-0.25, -0.2) is 0 Å². The van der Waals surface area contributed by atoms with E-state index in [0.717, 1.165) is 12.8 Å². The van der Waals surface area contributed by atoms with Crippen LogP contribution in [0, 0.1) is 23.7 Å². The Morgan fingerprint density at radius 1 is 1.10 bits per heavy atom. The maximum atomic E-state index is 12.3. The van der Waals surface area contributed by atoms with Crippen LogP contribution in [0.1, 0.15) is 12.0 Å². The molecule has 21 heavy (non-hydrogen) atoms. The topological polar surface area (TPSA) is 66.4 Å². The van der Waals surface area contributed by atoms with E-state index >= 15 is 0 Å². The third-order valence-corrected chi connectivity index (χ3v) is 4.60. The number of rotatable bonds is 5. The number of benzene rings is 1. The highest BCUT2D eigenvalue weighted by Crippen LogP contribution is 2.48. The Morgan fingerprint density at radius 2 is 1.76 bits per heavy atom. The number of nitrogens with one attached hydrogen (secondary N) is 1. The van der Waals surface area contributed by atoms with E-state index < -0.39 is 17.8 Å². The van der Waals surface area contributed by atoms with Gasteiger partial charge in [-0.2, -0.15) is 0 Å². The van der Waals surface area contributed by atoms with Crippen LogP contribution in [0.3, 0.4) is 0 Å². The second kappa shape index (κ2) is 5.72. The average Bonchev–Trinajstić information content (AvgIpc) is 3.08. The number of hydrogen-bond donors (Lipinski definition) is 2. The maximum absolute atomic E-state index is 12.3. The number of carbonyl (C=O) groups is 2. The van der Waals surface area contributed by atoms with Gasteiger partial charge in [-0.05, 0) is 30.2 Å². The zero-order chi connectivity index (χ0) is 14.8. The molecule has 2 N–H and O–H groups in total. The van der Waals surface area contributed by atoms with Crippen molar-refractivity contribution in [3.8, 4) is 0 Å². The smallest absolute Gasteiger partial charge is 0.307 e. The van der Waals surface area contributed by atoms with Crippen LogP contribution >= 0.6 is 0 Å². The molecule has 4 atom stereocenters. The molecule has 0 aromatic heterocycles. The molecule has 0 heterocycles. The Kier molecular flexibility index (Phi) is 3.78. The van der Waals surface area contributed by atoms with Crippen molar-refractivity contribution in [2.45, 2.75) is 12.8 Å². The Labute approximate surface area is 123 Å². The van der Waals surface area contributed by atoms with Crippen molar-refractivity contribution in [2.75, 3.05) is 6.54 Å². The predicted octanol–water partition coefficient (Wildman–Crippen LogP) is 1.87. The van der Waals surface area contributed by atoms with E-state index in [1.165, 1.54) is 5.56 Å². The molecular formula is C17H19NO3. The molecule has 2 bridgehead atoms. The lowest BCUT2D eigenvalue weighted by atomic mass is 9.82. The summed E-state index contributed by atoms with van der Waals surface area (Å²) in [7, 11) is 0. The number of fused-ring (bicyclic) bond motifs is 2. The van der Waals surface area contributed by atoms with Gasteiger partial charge in [-0.15, -0.1) is 0 Å². The molecule has 0 radical (unpaired) electrons. The highest BCUT2D eigenvalue weighted by molar-refractivity contribution is 5.86. The summed E-state index contributed by atoms with van der Waals surface area (Å²) < 4.78 is 0. The van der Waals surface area contributed by atoms with E-state index in [-0.39, 0.29) is 17.7 Å². The monoisotopic (exact) mass is 285 g/mol. The Morgan fingerprint density at radius 3 is 2.43 bits per heavy atom.